The van der Waals surface area contributed by atoms with Crippen LogP contribution in [0.15, 0.2) is 48.9 Å². The van der Waals surface area contributed by atoms with Crippen LogP contribution in [0.25, 0.3) is 10.8 Å². The summed E-state index contributed by atoms with van der Waals surface area (Å²) in [6.45, 7) is 4.70. The summed E-state index contributed by atoms with van der Waals surface area (Å²) < 4.78 is 7.94. The lowest BCUT2D eigenvalue weighted by molar-refractivity contribution is 0.292. The zero-order valence-electron chi connectivity index (χ0n) is 12.2. The van der Waals surface area contributed by atoms with Crippen LogP contribution in [0.1, 0.15) is 25.6 Å². The summed E-state index contributed by atoms with van der Waals surface area (Å²) in [6.07, 6.45) is 3.65. The average molecular weight is 282 g/mol. The molecule has 0 unspecified atom stereocenters. The summed E-state index contributed by atoms with van der Waals surface area (Å²) in [5.41, 5.74) is 1.04. The zero-order valence-corrected chi connectivity index (χ0v) is 12.2. The van der Waals surface area contributed by atoms with Crippen LogP contribution in [0.2, 0.25) is 0 Å². The van der Waals surface area contributed by atoms with E-state index >= 15 is 0 Å². The maximum atomic E-state index is 9.55. The molecule has 3 rings (SSSR count). The first-order valence-corrected chi connectivity index (χ1v) is 7.00. The lowest BCUT2D eigenvalue weighted by Gasteiger charge is -2.13. The van der Waals surface area contributed by atoms with E-state index in [1.165, 1.54) is 0 Å². The van der Waals surface area contributed by atoms with Crippen molar-refractivity contribution in [2.75, 3.05) is 0 Å². The van der Waals surface area contributed by atoms with Crippen molar-refractivity contribution >= 4 is 10.8 Å². The highest BCUT2D eigenvalue weighted by molar-refractivity contribution is 5.85. The molecule has 1 heterocycles. The lowest BCUT2D eigenvalue weighted by Crippen LogP contribution is -2.07. The molecule has 4 heteroatoms. The van der Waals surface area contributed by atoms with Crippen LogP contribution in [0.4, 0.5) is 0 Å². The Morgan fingerprint density at radius 3 is 2.76 bits per heavy atom. The maximum Gasteiger partial charge on any atom is 0.130 e. The third kappa shape index (κ3) is 2.84. The van der Waals surface area contributed by atoms with E-state index in [1.54, 1.807) is 12.1 Å². The zero-order chi connectivity index (χ0) is 14.8. The van der Waals surface area contributed by atoms with Crippen LogP contribution in [-0.4, -0.2) is 14.7 Å². The number of hydrogen-bond acceptors (Lipinski definition) is 3. The molecule has 0 bridgehead atoms. The van der Waals surface area contributed by atoms with E-state index < -0.39 is 0 Å². The van der Waals surface area contributed by atoms with Crippen LogP contribution < -0.4 is 4.74 Å². The van der Waals surface area contributed by atoms with E-state index in [2.05, 4.69) is 23.4 Å². The van der Waals surface area contributed by atoms with Gasteiger partial charge in [-0.25, -0.2) is 4.98 Å². The monoisotopic (exact) mass is 282 g/mol. The quantitative estimate of drug-likeness (QED) is 0.789. The molecule has 3 aromatic rings. The van der Waals surface area contributed by atoms with Crippen LogP contribution in [0.5, 0.6) is 11.5 Å². The van der Waals surface area contributed by atoms with Gasteiger partial charge in [-0.05, 0) is 48.9 Å². The molecule has 0 radical (unpaired) electrons. The number of benzene rings is 2. The fourth-order valence-corrected chi connectivity index (χ4v) is 2.37. The fourth-order valence-electron chi connectivity index (χ4n) is 2.37. The molecule has 0 aliphatic carbocycles. The molecule has 0 atom stereocenters. The van der Waals surface area contributed by atoms with Gasteiger partial charge in [0.05, 0.1) is 18.2 Å². The van der Waals surface area contributed by atoms with Crippen molar-refractivity contribution < 1.29 is 9.84 Å². The average Bonchev–Trinajstić information content (AvgIpc) is 2.93. The minimum atomic E-state index is 0.262. The van der Waals surface area contributed by atoms with Gasteiger partial charge in [0.2, 0.25) is 0 Å². The third-order valence-electron chi connectivity index (χ3n) is 3.48. The molecule has 1 aromatic heterocycles. The molecule has 0 aliphatic heterocycles. The second kappa shape index (κ2) is 5.48. The summed E-state index contributed by atoms with van der Waals surface area (Å²) in [4.78, 5) is 4.17. The summed E-state index contributed by atoms with van der Waals surface area (Å²) in [5, 5.41) is 11.6. The Bertz CT molecular complexity index is 762. The van der Waals surface area contributed by atoms with Crippen molar-refractivity contribution in [1.29, 1.82) is 0 Å². The molecule has 2 aromatic carbocycles. The standard InChI is InChI=1S/C17H18N2O2/c1-12(2)19-11-18-9-15(19)10-21-17-6-4-13-3-5-16(20)7-14(13)8-17/h3-9,11-12,20H,10H2,1-2H3. The van der Waals surface area contributed by atoms with Gasteiger partial charge in [-0.15, -0.1) is 0 Å². The molecule has 0 saturated heterocycles. The van der Waals surface area contributed by atoms with E-state index in [9.17, 15) is 5.11 Å². The molecular weight excluding hydrogens is 264 g/mol. The normalized spacial score (nSPS) is 11.2. The molecular formula is C17H18N2O2. The van der Waals surface area contributed by atoms with Gasteiger partial charge in [-0.2, -0.15) is 0 Å². The highest BCUT2D eigenvalue weighted by Gasteiger charge is 2.06. The molecule has 4 nitrogen and oxygen atoms in total. The highest BCUT2D eigenvalue weighted by atomic mass is 16.5. The van der Waals surface area contributed by atoms with Gasteiger partial charge in [0.25, 0.3) is 0 Å². The van der Waals surface area contributed by atoms with Crippen LogP contribution in [-0.2, 0) is 6.61 Å². The number of aromatic hydroxyl groups is 1. The van der Waals surface area contributed by atoms with Crippen molar-refractivity contribution in [3.63, 3.8) is 0 Å². The predicted octanol–water partition coefficient (Wildman–Crippen LogP) is 3.90. The molecule has 0 spiro atoms. The summed E-state index contributed by atoms with van der Waals surface area (Å²) in [6, 6.07) is 11.5. The van der Waals surface area contributed by atoms with E-state index in [-0.39, 0.29) is 5.75 Å². The first-order valence-electron chi connectivity index (χ1n) is 7.00. The number of phenols is 1. The maximum absolute atomic E-state index is 9.55. The summed E-state index contributed by atoms with van der Waals surface area (Å²) >= 11 is 0. The van der Waals surface area contributed by atoms with Gasteiger partial charge < -0.3 is 14.4 Å². The molecule has 1 N–H and O–H groups in total. The van der Waals surface area contributed by atoms with E-state index in [1.807, 2.05) is 36.8 Å². The minimum Gasteiger partial charge on any atom is -0.508 e. The number of rotatable bonds is 4. The van der Waals surface area contributed by atoms with Crippen LogP contribution in [0.3, 0.4) is 0 Å². The first kappa shape index (κ1) is 13.5. The molecule has 0 fully saturated rings. The molecule has 0 saturated carbocycles. The van der Waals surface area contributed by atoms with Crippen molar-refractivity contribution in [3.8, 4) is 11.5 Å². The number of phenolic OH excluding ortho intramolecular Hbond substituents is 1. The third-order valence-corrected chi connectivity index (χ3v) is 3.48. The Labute approximate surface area is 123 Å². The number of ether oxygens (including phenoxy) is 1. The fraction of sp³-hybridized carbons (Fsp3) is 0.235. The lowest BCUT2D eigenvalue weighted by atomic mass is 10.1. The number of hydrogen-bond donors (Lipinski definition) is 1. The number of nitrogens with zero attached hydrogens (tertiary/aromatic N) is 2. The van der Waals surface area contributed by atoms with Crippen molar-refractivity contribution in [2.24, 2.45) is 0 Å². The Hall–Kier alpha value is -2.49. The second-order valence-electron chi connectivity index (χ2n) is 5.37. The topological polar surface area (TPSA) is 47.3 Å². The van der Waals surface area contributed by atoms with Gasteiger partial charge >= 0.3 is 0 Å². The van der Waals surface area contributed by atoms with Crippen molar-refractivity contribution in [1.82, 2.24) is 9.55 Å². The number of imidazole rings is 1. The van der Waals surface area contributed by atoms with Crippen LogP contribution >= 0.6 is 0 Å². The van der Waals surface area contributed by atoms with Gasteiger partial charge in [-0.3, -0.25) is 0 Å². The van der Waals surface area contributed by atoms with Gasteiger partial charge in [0, 0.05) is 6.04 Å². The van der Waals surface area contributed by atoms with Gasteiger partial charge in [-0.1, -0.05) is 12.1 Å². The smallest absolute Gasteiger partial charge is 0.130 e. The first-order chi connectivity index (χ1) is 10.1. The molecule has 108 valence electrons. The number of aromatic nitrogens is 2. The molecule has 0 aliphatic rings. The summed E-state index contributed by atoms with van der Waals surface area (Å²) in [5.74, 6) is 1.04. The Morgan fingerprint density at radius 1 is 1.14 bits per heavy atom. The Kier molecular flexibility index (Phi) is 3.52. The number of fused-ring (bicyclic) bond motifs is 1. The highest BCUT2D eigenvalue weighted by Crippen LogP contribution is 2.25. The Balaban J connectivity index is 1.80. The van der Waals surface area contributed by atoms with Crippen molar-refractivity contribution in [2.45, 2.75) is 26.5 Å². The SMILES string of the molecule is CC(C)n1cncc1COc1ccc2ccc(O)cc2c1. The van der Waals surface area contributed by atoms with Crippen molar-refractivity contribution in [3.05, 3.63) is 54.6 Å². The largest absolute Gasteiger partial charge is 0.508 e. The van der Waals surface area contributed by atoms with Gasteiger partial charge in [0.15, 0.2) is 0 Å². The summed E-state index contributed by atoms with van der Waals surface area (Å²) in [7, 11) is 0. The minimum absolute atomic E-state index is 0.262. The molecule has 21 heavy (non-hydrogen) atoms. The predicted molar refractivity (Wildman–Crippen MR) is 82.6 cm³/mol. The van der Waals surface area contributed by atoms with E-state index in [0.717, 1.165) is 22.2 Å². The van der Waals surface area contributed by atoms with Crippen LogP contribution in [0, 0.1) is 0 Å². The molecule has 0 amide bonds. The van der Waals surface area contributed by atoms with Gasteiger partial charge in [0.1, 0.15) is 18.1 Å². The Morgan fingerprint density at radius 2 is 1.95 bits per heavy atom. The second-order valence-corrected chi connectivity index (χ2v) is 5.37. The van der Waals surface area contributed by atoms with E-state index in [4.69, 9.17) is 4.74 Å². The van der Waals surface area contributed by atoms with E-state index in [0.29, 0.717) is 12.6 Å².